The summed E-state index contributed by atoms with van der Waals surface area (Å²) in [5, 5.41) is 2.93. The largest absolute Gasteiger partial charge is 0.352 e. The average molecular weight is 320 g/mol. The fourth-order valence-electron chi connectivity index (χ4n) is 4.13. The molecule has 2 fully saturated rings. The number of hydrogen-bond acceptors (Lipinski definition) is 1. The minimum absolute atomic E-state index is 0.0961. The van der Waals surface area contributed by atoms with E-state index in [1.165, 1.54) is 30.4 Å². The van der Waals surface area contributed by atoms with Crippen molar-refractivity contribution < 1.29 is 4.79 Å². The van der Waals surface area contributed by atoms with Crippen LogP contribution < -0.4 is 5.32 Å². The van der Waals surface area contributed by atoms with Gasteiger partial charge in [0.15, 0.2) is 0 Å². The molecule has 19 heavy (non-hydrogen) atoms. The smallest absolute Gasteiger partial charge is 0.251 e. The number of fused-ring (bicyclic) bond motifs is 2. The van der Waals surface area contributed by atoms with Crippen LogP contribution in [0.4, 0.5) is 0 Å². The van der Waals surface area contributed by atoms with Gasteiger partial charge in [0, 0.05) is 16.9 Å². The summed E-state index contributed by atoms with van der Waals surface area (Å²) < 4.78 is 0. The molecule has 0 aromatic heterocycles. The molecule has 0 saturated heterocycles. The summed E-state index contributed by atoms with van der Waals surface area (Å²) in [6.07, 6.45) is 5.19. The molecule has 2 saturated carbocycles. The Labute approximate surface area is 122 Å². The van der Waals surface area contributed by atoms with Crippen molar-refractivity contribution in [2.75, 3.05) is 6.54 Å². The van der Waals surface area contributed by atoms with Crippen LogP contribution in [-0.4, -0.2) is 12.5 Å². The third kappa shape index (κ3) is 1.85. The van der Waals surface area contributed by atoms with E-state index in [0.29, 0.717) is 4.83 Å². The summed E-state index contributed by atoms with van der Waals surface area (Å²) in [5.41, 5.74) is 3.37. The van der Waals surface area contributed by atoms with Crippen molar-refractivity contribution >= 4 is 21.8 Å². The van der Waals surface area contributed by atoms with Crippen LogP contribution in [0.5, 0.6) is 0 Å². The van der Waals surface area contributed by atoms with E-state index in [1.54, 1.807) is 0 Å². The second-order valence-electron chi connectivity index (χ2n) is 6.16. The van der Waals surface area contributed by atoms with Gasteiger partial charge in [-0.3, -0.25) is 4.79 Å². The molecular formula is C16H18BrNO. The Morgan fingerprint density at radius 1 is 1.26 bits per heavy atom. The van der Waals surface area contributed by atoms with Crippen LogP contribution in [0.15, 0.2) is 18.2 Å². The first-order chi connectivity index (χ1) is 9.25. The Morgan fingerprint density at radius 2 is 2.05 bits per heavy atom. The van der Waals surface area contributed by atoms with Gasteiger partial charge in [-0.2, -0.15) is 0 Å². The third-order valence-electron chi connectivity index (χ3n) is 5.19. The van der Waals surface area contributed by atoms with E-state index < -0.39 is 0 Å². The molecule has 1 aliphatic heterocycles. The molecule has 3 heteroatoms. The van der Waals surface area contributed by atoms with E-state index in [4.69, 9.17) is 0 Å². The van der Waals surface area contributed by atoms with Crippen molar-refractivity contribution in [1.29, 1.82) is 0 Å². The van der Waals surface area contributed by atoms with E-state index in [1.807, 2.05) is 0 Å². The van der Waals surface area contributed by atoms with Crippen LogP contribution in [0.3, 0.4) is 0 Å². The molecule has 1 heterocycles. The van der Waals surface area contributed by atoms with Crippen LogP contribution in [0.2, 0.25) is 0 Å². The first-order valence-electron chi connectivity index (χ1n) is 7.31. The number of amides is 1. The molecule has 1 aromatic rings. The van der Waals surface area contributed by atoms with Gasteiger partial charge in [0.1, 0.15) is 0 Å². The van der Waals surface area contributed by atoms with E-state index in [0.717, 1.165) is 36.3 Å². The first-order valence-corrected chi connectivity index (χ1v) is 8.22. The van der Waals surface area contributed by atoms with Crippen molar-refractivity contribution in [3.63, 3.8) is 0 Å². The Kier molecular flexibility index (Phi) is 2.73. The van der Waals surface area contributed by atoms with Gasteiger partial charge in [0.05, 0.1) is 0 Å². The second-order valence-corrected chi connectivity index (χ2v) is 7.15. The molecule has 4 rings (SSSR count). The van der Waals surface area contributed by atoms with Crippen molar-refractivity contribution in [3.8, 4) is 0 Å². The number of rotatable bonds is 2. The zero-order valence-corrected chi connectivity index (χ0v) is 12.4. The average Bonchev–Trinajstić information content (AvgIpc) is 2.90. The Balaban J connectivity index is 1.61. The van der Waals surface area contributed by atoms with Crippen LogP contribution in [0, 0.1) is 17.8 Å². The Hall–Kier alpha value is -0.830. The van der Waals surface area contributed by atoms with Crippen LogP contribution >= 0.6 is 15.9 Å². The molecule has 3 aliphatic rings. The molecule has 100 valence electrons. The van der Waals surface area contributed by atoms with Crippen molar-refractivity contribution in [3.05, 3.63) is 34.9 Å². The molecular weight excluding hydrogens is 302 g/mol. The summed E-state index contributed by atoms with van der Waals surface area (Å²) in [4.78, 5) is 12.3. The lowest BCUT2D eigenvalue weighted by Gasteiger charge is -2.19. The molecule has 0 spiro atoms. The maximum absolute atomic E-state index is 11.9. The number of alkyl halides is 1. The summed E-state index contributed by atoms with van der Waals surface area (Å²) in [5.74, 6) is 2.78. The lowest BCUT2D eigenvalue weighted by atomic mass is 9.95. The van der Waals surface area contributed by atoms with Crippen LogP contribution in [-0.2, 0) is 6.42 Å². The number of halogens is 1. The summed E-state index contributed by atoms with van der Waals surface area (Å²) in [7, 11) is 0. The molecule has 2 nitrogen and oxygen atoms in total. The minimum Gasteiger partial charge on any atom is -0.352 e. The Bertz CT molecular complexity index is 532. The molecule has 3 unspecified atom stereocenters. The van der Waals surface area contributed by atoms with Gasteiger partial charge in [-0.15, -0.1) is 0 Å². The lowest BCUT2D eigenvalue weighted by molar-refractivity contribution is 0.0946. The lowest BCUT2D eigenvalue weighted by Crippen LogP contribution is -2.31. The highest BCUT2D eigenvalue weighted by molar-refractivity contribution is 9.09. The van der Waals surface area contributed by atoms with Gasteiger partial charge in [0.2, 0.25) is 0 Å². The van der Waals surface area contributed by atoms with E-state index >= 15 is 0 Å². The fraction of sp³-hybridized carbons (Fsp3) is 0.562. The van der Waals surface area contributed by atoms with E-state index in [-0.39, 0.29) is 5.91 Å². The number of carbonyl (C=O) groups is 1. The van der Waals surface area contributed by atoms with Crippen molar-refractivity contribution in [1.82, 2.24) is 5.32 Å². The monoisotopic (exact) mass is 319 g/mol. The van der Waals surface area contributed by atoms with Crippen LogP contribution in [0.1, 0.15) is 45.6 Å². The quantitative estimate of drug-likeness (QED) is 0.831. The standard InChI is InChI=1S/C16H18BrNO/c17-15(14-11-2-1-3-12(11)14)10-5-4-9-6-7-18-16(19)13(9)8-10/h4-5,8,11-12,14-15H,1-3,6-7H2,(H,18,19). The van der Waals surface area contributed by atoms with Crippen molar-refractivity contribution in [2.24, 2.45) is 17.8 Å². The number of nitrogens with one attached hydrogen (secondary N) is 1. The van der Waals surface area contributed by atoms with Gasteiger partial charge in [-0.05, 0) is 54.2 Å². The molecule has 1 amide bonds. The summed E-state index contributed by atoms with van der Waals surface area (Å²) in [6.45, 7) is 0.774. The highest BCUT2D eigenvalue weighted by Gasteiger charge is 2.55. The molecule has 1 aromatic carbocycles. The normalized spacial score (nSPS) is 33.3. The number of hydrogen-bond donors (Lipinski definition) is 1. The van der Waals surface area contributed by atoms with E-state index in [2.05, 4.69) is 39.4 Å². The van der Waals surface area contributed by atoms with Crippen molar-refractivity contribution in [2.45, 2.75) is 30.5 Å². The summed E-state index contributed by atoms with van der Waals surface area (Å²) in [6, 6.07) is 6.47. The number of carbonyl (C=O) groups excluding carboxylic acids is 1. The maximum atomic E-state index is 11.9. The van der Waals surface area contributed by atoms with Gasteiger partial charge in [0.25, 0.3) is 5.91 Å². The van der Waals surface area contributed by atoms with Gasteiger partial charge < -0.3 is 5.32 Å². The highest BCUT2D eigenvalue weighted by Crippen LogP contribution is 2.64. The Morgan fingerprint density at radius 3 is 2.84 bits per heavy atom. The topological polar surface area (TPSA) is 29.1 Å². The zero-order chi connectivity index (χ0) is 13.0. The predicted molar refractivity (Wildman–Crippen MR) is 78.5 cm³/mol. The number of benzene rings is 1. The van der Waals surface area contributed by atoms with Gasteiger partial charge in [-0.1, -0.05) is 34.5 Å². The molecule has 1 N–H and O–H groups in total. The maximum Gasteiger partial charge on any atom is 0.251 e. The zero-order valence-electron chi connectivity index (χ0n) is 10.9. The van der Waals surface area contributed by atoms with Crippen LogP contribution in [0.25, 0.3) is 0 Å². The molecule has 0 bridgehead atoms. The van der Waals surface area contributed by atoms with Gasteiger partial charge >= 0.3 is 0 Å². The first kappa shape index (κ1) is 12.0. The summed E-state index contributed by atoms with van der Waals surface area (Å²) >= 11 is 3.88. The molecule has 2 aliphatic carbocycles. The third-order valence-corrected chi connectivity index (χ3v) is 6.33. The highest BCUT2D eigenvalue weighted by atomic mass is 79.9. The van der Waals surface area contributed by atoms with Gasteiger partial charge in [-0.25, -0.2) is 0 Å². The molecule has 0 radical (unpaired) electrons. The predicted octanol–water partition coefficient (Wildman–Crippen LogP) is 3.45. The SMILES string of the molecule is O=C1NCCc2ccc(C(Br)C3C4CCCC43)cc21. The second kappa shape index (κ2) is 4.34. The fourth-order valence-corrected chi connectivity index (χ4v) is 5.20. The minimum atomic E-state index is 0.0961. The molecule has 3 atom stereocenters. The van der Waals surface area contributed by atoms with E-state index in [9.17, 15) is 4.79 Å².